The third-order valence-corrected chi connectivity index (χ3v) is 6.56. The van der Waals surface area contributed by atoms with Crippen LogP contribution in [0, 0.1) is 23.0 Å². The number of non-ortho nitro benzene ring substituents is 1. The molecule has 3 aromatic rings. The van der Waals surface area contributed by atoms with Crippen molar-refractivity contribution in [1.82, 2.24) is 19.8 Å². The zero-order valence-electron chi connectivity index (χ0n) is 22.9. The van der Waals surface area contributed by atoms with Crippen LogP contribution in [0.3, 0.4) is 0 Å². The molecule has 40 heavy (non-hydrogen) atoms. The summed E-state index contributed by atoms with van der Waals surface area (Å²) < 4.78 is 5.45. The third-order valence-electron chi connectivity index (χ3n) is 6.56. The van der Waals surface area contributed by atoms with Crippen molar-refractivity contribution in [2.45, 2.75) is 33.7 Å². The van der Waals surface area contributed by atoms with Gasteiger partial charge in [0.05, 0.1) is 17.2 Å². The summed E-state index contributed by atoms with van der Waals surface area (Å²) in [5.74, 6) is -1.07. The van der Waals surface area contributed by atoms with Gasteiger partial charge in [0.2, 0.25) is 0 Å². The van der Waals surface area contributed by atoms with Crippen LogP contribution in [0.25, 0.3) is 11.4 Å². The van der Waals surface area contributed by atoms with E-state index in [0.29, 0.717) is 17.1 Å². The molecule has 1 aromatic heterocycles. The molecule has 2 heterocycles. The molecule has 1 fully saturated rings. The number of amides is 2. The monoisotopic (exact) mass is 545 g/mol. The van der Waals surface area contributed by atoms with Gasteiger partial charge in [-0.15, -0.1) is 0 Å². The maximum absolute atomic E-state index is 13.9. The molecular formula is C29H31N5O6. The van der Waals surface area contributed by atoms with Gasteiger partial charge in [0.15, 0.2) is 5.82 Å². The zero-order valence-corrected chi connectivity index (χ0v) is 22.9. The molecule has 1 aliphatic heterocycles. The fourth-order valence-corrected chi connectivity index (χ4v) is 4.51. The summed E-state index contributed by atoms with van der Waals surface area (Å²) in [5, 5.41) is 11.2. The van der Waals surface area contributed by atoms with E-state index in [1.165, 1.54) is 24.3 Å². The van der Waals surface area contributed by atoms with Crippen LogP contribution in [0.1, 0.15) is 57.7 Å². The topological polar surface area (TPSA) is 136 Å². The van der Waals surface area contributed by atoms with Gasteiger partial charge < -0.3 is 14.5 Å². The van der Waals surface area contributed by atoms with Gasteiger partial charge in [-0.2, -0.15) is 0 Å². The number of hydrogen-bond acceptors (Lipinski definition) is 8. The average Bonchev–Trinajstić information content (AvgIpc) is 2.95. The van der Waals surface area contributed by atoms with Crippen molar-refractivity contribution in [3.05, 3.63) is 87.2 Å². The minimum atomic E-state index is -0.665. The predicted octanol–water partition coefficient (Wildman–Crippen LogP) is 4.16. The molecule has 0 spiro atoms. The fourth-order valence-electron chi connectivity index (χ4n) is 4.51. The number of hydrogen-bond donors (Lipinski definition) is 0. The second-order valence-corrected chi connectivity index (χ2v) is 10.1. The van der Waals surface area contributed by atoms with Crippen molar-refractivity contribution in [2.24, 2.45) is 5.92 Å². The Balaban J connectivity index is 1.61. The number of piperazine rings is 1. The Bertz CT molecular complexity index is 1440. The van der Waals surface area contributed by atoms with Gasteiger partial charge in [0, 0.05) is 48.9 Å². The summed E-state index contributed by atoms with van der Waals surface area (Å²) in [6.07, 6.45) is 0. The Morgan fingerprint density at radius 3 is 2.42 bits per heavy atom. The van der Waals surface area contributed by atoms with Crippen LogP contribution < -0.4 is 0 Å². The van der Waals surface area contributed by atoms with E-state index in [0.717, 1.165) is 0 Å². The van der Waals surface area contributed by atoms with Gasteiger partial charge in [-0.1, -0.05) is 50.2 Å². The molecule has 11 nitrogen and oxygen atoms in total. The highest BCUT2D eigenvalue weighted by molar-refractivity contribution is 6.05. The lowest BCUT2D eigenvalue weighted by molar-refractivity contribution is -0.384. The Hall–Kier alpha value is -4.67. The number of aromatic nitrogens is 2. The summed E-state index contributed by atoms with van der Waals surface area (Å²) in [4.78, 5) is 62.9. The Labute approximate surface area is 231 Å². The summed E-state index contributed by atoms with van der Waals surface area (Å²) >= 11 is 0. The molecule has 1 saturated heterocycles. The number of aryl methyl sites for hydroxylation is 1. The number of esters is 1. The first-order valence-corrected chi connectivity index (χ1v) is 13.0. The van der Waals surface area contributed by atoms with E-state index in [9.17, 15) is 24.5 Å². The van der Waals surface area contributed by atoms with E-state index >= 15 is 0 Å². The number of nitro benzene ring substituents is 1. The summed E-state index contributed by atoms with van der Waals surface area (Å²) in [5.41, 5.74) is 1.03. The first-order valence-electron chi connectivity index (χ1n) is 13.0. The van der Waals surface area contributed by atoms with Crippen molar-refractivity contribution in [3.8, 4) is 11.4 Å². The number of carbonyl (C=O) groups is 3. The van der Waals surface area contributed by atoms with Crippen molar-refractivity contribution < 1.29 is 24.0 Å². The minimum absolute atomic E-state index is 0.0214. The first kappa shape index (κ1) is 28.3. The normalized spacial score (nSPS) is 15.2. The number of nitro groups is 1. The molecule has 2 aromatic carbocycles. The SMILES string of the molecule is Cc1nc(-c2ccccc2)nc(C(=O)N2CCN(C(=O)c3cccc([N+](=O)[O-])c3)C(C)C2)c1C(=O)OCC(C)C. The summed E-state index contributed by atoms with van der Waals surface area (Å²) in [7, 11) is 0. The lowest BCUT2D eigenvalue weighted by atomic mass is 10.1. The van der Waals surface area contributed by atoms with Crippen LogP contribution in [-0.2, 0) is 4.74 Å². The molecule has 1 unspecified atom stereocenters. The molecule has 208 valence electrons. The van der Waals surface area contributed by atoms with Crippen LogP contribution in [0.5, 0.6) is 0 Å². The molecule has 2 amide bonds. The van der Waals surface area contributed by atoms with Gasteiger partial charge in [-0.05, 0) is 25.8 Å². The Kier molecular flexibility index (Phi) is 8.52. The predicted molar refractivity (Wildman–Crippen MR) is 147 cm³/mol. The van der Waals surface area contributed by atoms with E-state index in [-0.39, 0.29) is 60.6 Å². The second-order valence-electron chi connectivity index (χ2n) is 10.1. The molecule has 0 aliphatic carbocycles. The summed E-state index contributed by atoms with van der Waals surface area (Å²) in [6, 6.07) is 14.3. The number of ether oxygens (including phenoxy) is 1. The van der Waals surface area contributed by atoms with Crippen LogP contribution in [0.4, 0.5) is 5.69 Å². The molecule has 1 atom stereocenters. The van der Waals surface area contributed by atoms with Gasteiger partial charge in [-0.25, -0.2) is 14.8 Å². The molecule has 0 saturated carbocycles. The van der Waals surface area contributed by atoms with Crippen molar-refractivity contribution in [1.29, 1.82) is 0 Å². The largest absolute Gasteiger partial charge is 0.462 e. The van der Waals surface area contributed by atoms with Crippen LogP contribution in [-0.4, -0.2) is 74.8 Å². The third kappa shape index (κ3) is 6.14. The van der Waals surface area contributed by atoms with E-state index in [1.54, 1.807) is 23.6 Å². The molecular weight excluding hydrogens is 514 g/mol. The molecule has 11 heteroatoms. The van der Waals surface area contributed by atoms with Gasteiger partial charge in [0.25, 0.3) is 17.5 Å². The lowest BCUT2D eigenvalue weighted by Gasteiger charge is -2.40. The number of rotatable bonds is 7. The van der Waals surface area contributed by atoms with E-state index in [4.69, 9.17) is 4.74 Å². The Morgan fingerprint density at radius 2 is 1.77 bits per heavy atom. The standard InChI is InChI=1S/C29H31N5O6/c1-18(2)17-40-29(37)24-20(4)30-26(21-9-6-5-7-10-21)31-25(24)28(36)32-13-14-33(19(3)16-32)27(35)22-11-8-12-23(15-22)34(38)39/h5-12,15,18-19H,13-14,16-17H2,1-4H3. The van der Waals surface area contributed by atoms with E-state index in [1.807, 2.05) is 44.2 Å². The molecule has 0 N–H and O–H groups in total. The maximum Gasteiger partial charge on any atom is 0.342 e. The van der Waals surface area contributed by atoms with Crippen molar-refractivity contribution in [2.75, 3.05) is 26.2 Å². The molecule has 0 radical (unpaired) electrons. The highest BCUT2D eigenvalue weighted by atomic mass is 16.6. The van der Waals surface area contributed by atoms with Gasteiger partial charge >= 0.3 is 5.97 Å². The van der Waals surface area contributed by atoms with Crippen molar-refractivity contribution >= 4 is 23.5 Å². The quantitative estimate of drug-likeness (QED) is 0.245. The maximum atomic E-state index is 13.9. The summed E-state index contributed by atoms with van der Waals surface area (Å²) in [6.45, 7) is 8.03. The zero-order chi connectivity index (χ0) is 29.0. The van der Waals surface area contributed by atoms with Crippen molar-refractivity contribution in [3.63, 3.8) is 0 Å². The van der Waals surface area contributed by atoms with E-state index < -0.39 is 22.8 Å². The fraction of sp³-hybridized carbons (Fsp3) is 0.345. The van der Waals surface area contributed by atoms with E-state index in [2.05, 4.69) is 9.97 Å². The minimum Gasteiger partial charge on any atom is -0.462 e. The second kappa shape index (κ2) is 12.0. The van der Waals surface area contributed by atoms with Gasteiger partial charge in [-0.3, -0.25) is 19.7 Å². The Morgan fingerprint density at radius 1 is 1.05 bits per heavy atom. The highest BCUT2D eigenvalue weighted by Crippen LogP contribution is 2.24. The number of carbonyl (C=O) groups excluding carboxylic acids is 3. The number of benzene rings is 2. The molecule has 0 bridgehead atoms. The van der Waals surface area contributed by atoms with Crippen LogP contribution >= 0.6 is 0 Å². The lowest BCUT2D eigenvalue weighted by Crippen LogP contribution is -2.55. The molecule has 1 aliphatic rings. The van der Waals surface area contributed by atoms with Gasteiger partial charge in [0.1, 0.15) is 11.3 Å². The smallest absolute Gasteiger partial charge is 0.342 e. The van der Waals surface area contributed by atoms with Crippen LogP contribution in [0.15, 0.2) is 54.6 Å². The highest BCUT2D eigenvalue weighted by Gasteiger charge is 2.34. The first-order chi connectivity index (χ1) is 19.1. The molecule has 4 rings (SSSR count). The number of nitrogens with zero attached hydrogens (tertiary/aromatic N) is 5. The average molecular weight is 546 g/mol. The van der Waals surface area contributed by atoms with Crippen LogP contribution in [0.2, 0.25) is 0 Å².